The molecular weight excluding hydrogens is 440 g/mol. The number of carbonyl (C=O) groups excluding carboxylic acids is 1. The summed E-state index contributed by atoms with van der Waals surface area (Å²) in [7, 11) is 1.65. The van der Waals surface area contributed by atoms with Crippen LogP contribution < -0.4 is 16.4 Å². The molecule has 10 heteroatoms. The molecule has 0 unspecified atom stereocenters. The number of carbonyl (C=O) groups is 1. The molecule has 4 N–H and O–H groups in total. The molecule has 34 heavy (non-hydrogen) atoms. The lowest BCUT2D eigenvalue weighted by Gasteiger charge is -2.23. The molecule has 178 valence electrons. The van der Waals surface area contributed by atoms with Crippen molar-refractivity contribution in [2.75, 3.05) is 26.3 Å². The molecular formula is C24H26N4O6. The van der Waals surface area contributed by atoms with Crippen LogP contribution in [-0.4, -0.2) is 64.7 Å². The number of benzene rings is 2. The van der Waals surface area contributed by atoms with Gasteiger partial charge in [0.15, 0.2) is 5.58 Å². The molecule has 0 radical (unpaired) electrons. The van der Waals surface area contributed by atoms with E-state index >= 15 is 0 Å². The second-order valence-electron chi connectivity index (χ2n) is 8.51. The fraction of sp³-hybridized carbons (Fsp3) is 0.375. The maximum Gasteiger partial charge on any atom is 0.419 e. The first-order valence-corrected chi connectivity index (χ1v) is 10.9. The van der Waals surface area contributed by atoms with Crippen molar-refractivity contribution in [2.45, 2.75) is 24.2 Å². The summed E-state index contributed by atoms with van der Waals surface area (Å²) in [6.07, 6.45) is -0.578. The van der Waals surface area contributed by atoms with Gasteiger partial charge in [0.2, 0.25) is 0 Å². The highest BCUT2D eigenvalue weighted by Crippen LogP contribution is 2.24. The number of nitriles is 1. The normalized spacial score (nSPS) is 21.5. The second-order valence-corrected chi connectivity index (χ2v) is 8.51. The molecule has 1 aliphatic rings. The molecule has 1 aliphatic heterocycles. The molecule has 2 aromatic carbocycles. The number of oxazole rings is 1. The molecule has 1 amide bonds. The Morgan fingerprint density at radius 3 is 2.76 bits per heavy atom. The summed E-state index contributed by atoms with van der Waals surface area (Å²) in [6.45, 7) is -0.413. The number of amides is 1. The molecule has 1 aromatic heterocycles. The minimum Gasteiger partial charge on any atom is -0.408 e. The van der Waals surface area contributed by atoms with E-state index in [0.717, 1.165) is 16.7 Å². The minimum absolute atomic E-state index is 0.102. The number of ether oxygens (including phenoxy) is 1. The maximum atomic E-state index is 12.6. The number of hydrogen-bond donors (Lipinski definition) is 4. The summed E-state index contributed by atoms with van der Waals surface area (Å²) in [5, 5.41) is 34.5. The van der Waals surface area contributed by atoms with E-state index in [4.69, 9.17) is 9.15 Å². The molecule has 0 saturated carbocycles. The third-order valence-electron chi connectivity index (χ3n) is 5.91. The first kappa shape index (κ1) is 23.7. The Bertz CT molecular complexity index is 1280. The van der Waals surface area contributed by atoms with Crippen LogP contribution >= 0.6 is 0 Å². The van der Waals surface area contributed by atoms with E-state index in [1.165, 1.54) is 4.57 Å². The van der Waals surface area contributed by atoms with Crippen LogP contribution in [-0.2, 0) is 23.0 Å². The number of nitrogens with zero attached hydrogens (tertiary/aromatic N) is 2. The fourth-order valence-electron chi connectivity index (χ4n) is 3.84. The highest BCUT2D eigenvalue weighted by Gasteiger charge is 2.33. The Labute approximate surface area is 195 Å². The zero-order valence-electron chi connectivity index (χ0n) is 18.7. The number of β-amino-alcohol motifs (C(OH)–C–C–N with tert-alkyl or cyclic N) is 1. The highest BCUT2D eigenvalue weighted by atomic mass is 16.5. The quantitative estimate of drug-likeness (QED) is 0.398. The SMILES string of the molecule is Cn1c(=O)oc2ccc(-c3ccc(C[C@@H](C#N)NC(=O)[C@@H]4CNC[C@@](O)(CO)CO4)cc3)cc21. The molecule has 3 aromatic rings. The first-order chi connectivity index (χ1) is 16.3. The molecule has 1 saturated heterocycles. The lowest BCUT2D eigenvalue weighted by atomic mass is 10.0. The van der Waals surface area contributed by atoms with E-state index in [1.54, 1.807) is 13.1 Å². The number of hydrogen-bond acceptors (Lipinski definition) is 8. The molecule has 3 atom stereocenters. The number of fused-ring (bicyclic) bond motifs is 1. The summed E-state index contributed by atoms with van der Waals surface area (Å²) in [6, 6.07) is 14.4. The predicted octanol–water partition coefficient (Wildman–Crippen LogP) is 0.0612. The molecule has 0 bridgehead atoms. The van der Waals surface area contributed by atoms with Crippen LogP contribution in [0.1, 0.15) is 5.56 Å². The van der Waals surface area contributed by atoms with E-state index in [9.17, 15) is 25.1 Å². The van der Waals surface area contributed by atoms with Crippen LogP contribution in [0.5, 0.6) is 0 Å². The summed E-state index contributed by atoms with van der Waals surface area (Å²) in [4.78, 5) is 24.3. The van der Waals surface area contributed by atoms with Gasteiger partial charge in [-0.1, -0.05) is 30.3 Å². The van der Waals surface area contributed by atoms with Gasteiger partial charge in [0.25, 0.3) is 5.91 Å². The molecule has 1 fully saturated rings. The number of aromatic nitrogens is 1. The van der Waals surface area contributed by atoms with Gasteiger partial charge in [-0.3, -0.25) is 9.36 Å². The largest absolute Gasteiger partial charge is 0.419 e. The lowest BCUT2D eigenvalue weighted by Crippen LogP contribution is -2.46. The third-order valence-corrected chi connectivity index (χ3v) is 5.91. The zero-order valence-corrected chi connectivity index (χ0v) is 18.7. The van der Waals surface area contributed by atoms with Crippen LogP contribution in [0.3, 0.4) is 0 Å². The summed E-state index contributed by atoms with van der Waals surface area (Å²) >= 11 is 0. The van der Waals surface area contributed by atoms with Crippen LogP contribution in [0.15, 0.2) is 51.7 Å². The second kappa shape index (κ2) is 9.79. The fourth-order valence-corrected chi connectivity index (χ4v) is 3.84. The first-order valence-electron chi connectivity index (χ1n) is 10.9. The van der Waals surface area contributed by atoms with Gasteiger partial charge in [-0.15, -0.1) is 0 Å². The van der Waals surface area contributed by atoms with Gasteiger partial charge < -0.3 is 30.0 Å². The minimum atomic E-state index is -1.44. The number of aliphatic hydroxyl groups is 2. The van der Waals surface area contributed by atoms with Crippen molar-refractivity contribution in [2.24, 2.45) is 7.05 Å². The maximum absolute atomic E-state index is 12.6. The number of aliphatic hydroxyl groups excluding tert-OH is 1. The van der Waals surface area contributed by atoms with Crippen LogP contribution in [0, 0.1) is 11.3 Å². The van der Waals surface area contributed by atoms with Crippen molar-refractivity contribution in [1.82, 2.24) is 15.2 Å². The lowest BCUT2D eigenvalue weighted by molar-refractivity contribution is -0.137. The van der Waals surface area contributed by atoms with Gasteiger partial charge in [-0.05, 0) is 28.8 Å². The van der Waals surface area contributed by atoms with Crippen LogP contribution in [0.25, 0.3) is 22.2 Å². The van der Waals surface area contributed by atoms with Gasteiger partial charge in [-0.25, -0.2) is 4.79 Å². The van der Waals surface area contributed by atoms with E-state index in [0.29, 0.717) is 17.5 Å². The number of rotatable bonds is 6. The Balaban J connectivity index is 1.40. The molecule has 0 aliphatic carbocycles. The molecule has 4 rings (SSSR count). The Morgan fingerprint density at radius 1 is 1.32 bits per heavy atom. The van der Waals surface area contributed by atoms with Gasteiger partial charge >= 0.3 is 5.76 Å². The zero-order chi connectivity index (χ0) is 24.3. The Kier molecular flexibility index (Phi) is 6.81. The topological polar surface area (TPSA) is 150 Å². The smallest absolute Gasteiger partial charge is 0.408 e. The Hall–Kier alpha value is -3.49. The van der Waals surface area contributed by atoms with Crippen molar-refractivity contribution >= 4 is 17.0 Å². The van der Waals surface area contributed by atoms with Crippen molar-refractivity contribution in [3.05, 3.63) is 58.6 Å². The third kappa shape index (κ3) is 5.03. The van der Waals surface area contributed by atoms with E-state index in [-0.39, 0.29) is 19.7 Å². The summed E-state index contributed by atoms with van der Waals surface area (Å²) in [5.41, 5.74) is 2.50. The molecule has 0 spiro atoms. The molecule has 10 nitrogen and oxygen atoms in total. The van der Waals surface area contributed by atoms with Crippen molar-refractivity contribution in [3.63, 3.8) is 0 Å². The van der Waals surface area contributed by atoms with Gasteiger partial charge in [-0.2, -0.15) is 5.26 Å². The summed E-state index contributed by atoms with van der Waals surface area (Å²) in [5.74, 6) is -0.877. The highest BCUT2D eigenvalue weighted by molar-refractivity contribution is 5.82. The van der Waals surface area contributed by atoms with Gasteiger partial charge in [0.1, 0.15) is 17.7 Å². The Morgan fingerprint density at radius 2 is 2.06 bits per heavy atom. The van der Waals surface area contributed by atoms with Crippen molar-refractivity contribution < 1.29 is 24.2 Å². The molecule has 2 heterocycles. The van der Waals surface area contributed by atoms with Gasteiger partial charge in [0.05, 0.1) is 24.8 Å². The average Bonchev–Trinajstić information content (AvgIpc) is 3.00. The van der Waals surface area contributed by atoms with Crippen LogP contribution in [0.2, 0.25) is 0 Å². The standard InChI is InChI=1S/C24H26N4O6/c1-28-19-9-17(6-7-20(19)34-23(28)31)16-4-2-15(3-5-16)8-18(10-25)27-22(30)21-11-26-12-24(32,13-29)14-33-21/h2-7,9,18,21,26,29,32H,8,11-14H2,1H3,(H,27,30)/t18-,21-,24+/m0/s1. The summed E-state index contributed by atoms with van der Waals surface area (Å²) < 4.78 is 12.1. The number of aryl methyl sites for hydroxylation is 1. The van der Waals surface area contributed by atoms with Crippen molar-refractivity contribution in [3.8, 4) is 17.2 Å². The monoisotopic (exact) mass is 466 g/mol. The van der Waals surface area contributed by atoms with Crippen LogP contribution in [0.4, 0.5) is 0 Å². The average molecular weight is 466 g/mol. The van der Waals surface area contributed by atoms with Gasteiger partial charge in [0, 0.05) is 26.6 Å². The predicted molar refractivity (Wildman–Crippen MR) is 123 cm³/mol. The van der Waals surface area contributed by atoms with E-state index < -0.39 is 36.0 Å². The van der Waals surface area contributed by atoms with Crippen molar-refractivity contribution in [1.29, 1.82) is 5.26 Å². The number of nitrogens with one attached hydrogen (secondary N) is 2. The van der Waals surface area contributed by atoms with E-state index in [1.807, 2.05) is 36.4 Å². The van der Waals surface area contributed by atoms with E-state index in [2.05, 4.69) is 16.7 Å².